The van der Waals surface area contributed by atoms with E-state index in [0.29, 0.717) is 0 Å². The number of carboxylic acid groups (broad SMARTS) is 1. The molecule has 2 aromatic rings. The molecule has 1 aliphatic heterocycles. The van der Waals surface area contributed by atoms with Crippen molar-refractivity contribution < 1.29 is 33.6 Å². The monoisotopic (exact) mass is 386 g/mol. The maximum Gasteiger partial charge on any atom is 1.00 e. The van der Waals surface area contributed by atoms with E-state index in [-0.39, 0.29) is 42.4 Å². The van der Waals surface area contributed by atoms with Crippen LogP contribution in [0.4, 0.5) is 0 Å². The summed E-state index contributed by atoms with van der Waals surface area (Å²) in [7, 11) is 0. The fraction of sp³-hybridized carbons (Fsp3) is 0.391. The van der Waals surface area contributed by atoms with Crippen molar-refractivity contribution in [1.82, 2.24) is 10.2 Å². The number of carbonyl (C=O) groups excluding carboxylic acids is 2. The van der Waals surface area contributed by atoms with E-state index in [9.17, 15) is 14.7 Å². The molecule has 1 fully saturated rings. The molecule has 1 N–H and O–H groups in total. The molecular weight excluding hydrogens is 359 g/mol. The van der Waals surface area contributed by atoms with Crippen molar-refractivity contribution >= 4 is 11.9 Å². The number of benzene rings is 2. The van der Waals surface area contributed by atoms with Gasteiger partial charge in [-0.2, -0.15) is 0 Å². The van der Waals surface area contributed by atoms with E-state index in [4.69, 9.17) is 0 Å². The van der Waals surface area contributed by atoms with Gasteiger partial charge in [-0.25, -0.2) is 0 Å². The number of likely N-dealkylation sites (tertiary alicyclic amines) is 1. The van der Waals surface area contributed by atoms with Crippen LogP contribution in [-0.2, 0) is 11.3 Å². The molecule has 0 spiro atoms. The Kier molecular flexibility index (Phi) is 8.52. The van der Waals surface area contributed by atoms with Crippen molar-refractivity contribution in [3.63, 3.8) is 0 Å². The average molecular weight is 386 g/mol. The number of rotatable bonds is 6. The molecule has 1 aliphatic rings. The summed E-state index contributed by atoms with van der Waals surface area (Å²) in [4.78, 5) is 26.1. The smallest absolute Gasteiger partial charge is 0.545 e. The second-order valence-electron chi connectivity index (χ2n) is 7.61. The zero-order valence-corrected chi connectivity index (χ0v) is 17.5. The second-order valence-corrected chi connectivity index (χ2v) is 7.61. The molecule has 6 heteroatoms. The minimum atomic E-state index is -1.20. The Hall–Kier alpha value is -2.06. The molecule has 1 heterocycles. The predicted molar refractivity (Wildman–Crippen MR) is 107 cm³/mol. The maximum atomic E-state index is 13.0. The summed E-state index contributed by atoms with van der Waals surface area (Å²) in [5, 5.41) is 14.0. The molecule has 1 saturated heterocycles. The first kappa shape index (κ1) is 23.2. The first-order chi connectivity index (χ1) is 13.4. The Balaban J connectivity index is 0.00000300. The topological polar surface area (TPSA) is 72.5 Å². The quantitative estimate of drug-likeness (QED) is 0.686. The molecule has 0 radical (unpaired) electrons. The van der Waals surface area contributed by atoms with Crippen LogP contribution in [0, 0.1) is 6.92 Å². The molecule has 0 saturated carbocycles. The minimum absolute atomic E-state index is 0. The molecule has 29 heavy (non-hydrogen) atoms. The van der Waals surface area contributed by atoms with E-state index in [1.165, 1.54) is 23.3 Å². The number of nitrogens with zero attached hydrogens (tertiary/aromatic N) is 1. The molecule has 148 valence electrons. The number of nitrogens with one attached hydrogen (secondary N) is 1. The minimum Gasteiger partial charge on any atom is -0.545 e. The van der Waals surface area contributed by atoms with Gasteiger partial charge in [-0.15, -0.1) is 0 Å². The van der Waals surface area contributed by atoms with Crippen molar-refractivity contribution in [2.45, 2.75) is 51.7 Å². The number of piperidine rings is 1. The number of carbonyl (C=O) groups is 2. The average Bonchev–Trinajstić information content (AvgIpc) is 2.68. The van der Waals surface area contributed by atoms with Crippen LogP contribution in [-0.4, -0.2) is 29.4 Å². The summed E-state index contributed by atoms with van der Waals surface area (Å²) in [5.41, 5.74) is 3.47. The van der Waals surface area contributed by atoms with Gasteiger partial charge in [-0.3, -0.25) is 9.69 Å². The first-order valence-electron chi connectivity index (χ1n) is 9.85. The number of hydrogen-bond donors (Lipinski definition) is 1. The summed E-state index contributed by atoms with van der Waals surface area (Å²) < 4.78 is 0. The van der Waals surface area contributed by atoms with E-state index in [2.05, 4.69) is 41.4 Å². The molecule has 1 amide bonds. The van der Waals surface area contributed by atoms with Crippen molar-refractivity contribution in [3.8, 4) is 0 Å². The van der Waals surface area contributed by atoms with Gasteiger partial charge in [0.15, 0.2) is 0 Å². The van der Waals surface area contributed by atoms with E-state index in [1.807, 2.05) is 6.92 Å². The Morgan fingerprint density at radius 3 is 2.55 bits per heavy atom. The Morgan fingerprint density at radius 1 is 1.17 bits per heavy atom. The van der Waals surface area contributed by atoms with Crippen LogP contribution in [0.3, 0.4) is 0 Å². The number of carboxylic acids is 1. The normalized spacial score (nSPS) is 17.8. The third-order valence-corrected chi connectivity index (χ3v) is 5.39. The van der Waals surface area contributed by atoms with Gasteiger partial charge in [0.2, 0.25) is 5.91 Å². The number of amides is 1. The summed E-state index contributed by atoms with van der Waals surface area (Å²) >= 11 is 0. The van der Waals surface area contributed by atoms with Crippen molar-refractivity contribution in [2.24, 2.45) is 0 Å². The fourth-order valence-electron chi connectivity index (χ4n) is 3.82. The van der Waals surface area contributed by atoms with Crippen LogP contribution in [0.25, 0.3) is 0 Å². The van der Waals surface area contributed by atoms with Gasteiger partial charge in [-0.05, 0) is 49.9 Å². The summed E-state index contributed by atoms with van der Waals surface area (Å²) in [6.07, 6.45) is 3.01. The largest absolute Gasteiger partial charge is 1.00 e. The van der Waals surface area contributed by atoms with Crippen LogP contribution in [0.2, 0.25) is 0 Å². The van der Waals surface area contributed by atoms with Crippen molar-refractivity contribution in [2.75, 3.05) is 6.54 Å². The van der Waals surface area contributed by atoms with Crippen molar-refractivity contribution in [3.05, 3.63) is 70.8 Å². The van der Waals surface area contributed by atoms with Crippen LogP contribution >= 0.6 is 0 Å². The van der Waals surface area contributed by atoms with Gasteiger partial charge in [-0.1, -0.05) is 60.5 Å². The fourth-order valence-corrected chi connectivity index (χ4v) is 3.82. The Labute approximate surface area is 184 Å². The third-order valence-electron chi connectivity index (χ3n) is 5.39. The van der Waals surface area contributed by atoms with E-state index >= 15 is 0 Å². The summed E-state index contributed by atoms with van der Waals surface area (Å²) in [6, 6.07) is 14.6. The summed E-state index contributed by atoms with van der Waals surface area (Å²) in [5.74, 6) is -1.17. The molecule has 5 nitrogen and oxygen atoms in total. The number of aromatic carboxylic acids is 1. The SMILES string of the molecule is Cc1cccc(CN2CCCC[C@@H]2C(=O)N[C@@H](C)c2ccc(C(=O)[O-])cc2)c1.[Li+]. The zero-order valence-electron chi connectivity index (χ0n) is 17.5. The summed E-state index contributed by atoms with van der Waals surface area (Å²) in [6.45, 7) is 5.69. The van der Waals surface area contributed by atoms with Gasteiger partial charge in [0.25, 0.3) is 0 Å². The van der Waals surface area contributed by atoms with Gasteiger partial charge in [0.1, 0.15) is 0 Å². The van der Waals surface area contributed by atoms with Crippen LogP contribution in [0.1, 0.15) is 59.3 Å². The number of aryl methyl sites for hydroxylation is 1. The first-order valence-corrected chi connectivity index (χ1v) is 9.85. The second kappa shape index (κ2) is 10.6. The van der Waals surface area contributed by atoms with Crippen LogP contribution in [0.15, 0.2) is 48.5 Å². The van der Waals surface area contributed by atoms with Gasteiger partial charge < -0.3 is 15.2 Å². The predicted octanol–water partition coefficient (Wildman–Crippen LogP) is -0.406. The molecular formula is C23H27LiN2O3. The van der Waals surface area contributed by atoms with E-state index < -0.39 is 5.97 Å². The van der Waals surface area contributed by atoms with Gasteiger partial charge in [0, 0.05) is 6.54 Å². The molecule has 0 unspecified atom stereocenters. The third kappa shape index (κ3) is 6.21. The molecule has 2 aromatic carbocycles. The molecule has 0 aliphatic carbocycles. The van der Waals surface area contributed by atoms with Gasteiger partial charge >= 0.3 is 18.9 Å². The molecule has 3 rings (SSSR count). The Bertz CT molecular complexity index is 838. The number of hydrogen-bond acceptors (Lipinski definition) is 4. The molecule has 0 aromatic heterocycles. The van der Waals surface area contributed by atoms with Crippen LogP contribution in [0.5, 0.6) is 0 Å². The zero-order chi connectivity index (χ0) is 20.1. The molecule has 0 bridgehead atoms. The van der Waals surface area contributed by atoms with Crippen molar-refractivity contribution in [1.29, 1.82) is 0 Å². The Morgan fingerprint density at radius 2 is 1.90 bits per heavy atom. The van der Waals surface area contributed by atoms with E-state index in [1.54, 1.807) is 12.1 Å². The maximum absolute atomic E-state index is 13.0. The van der Waals surface area contributed by atoms with Crippen LogP contribution < -0.4 is 29.3 Å². The van der Waals surface area contributed by atoms with Gasteiger partial charge in [0.05, 0.1) is 18.1 Å². The standard InChI is InChI=1S/C23H28N2O3.Li/c1-16-6-5-7-18(14-16)15-25-13-4-3-8-21(25)22(26)24-17(2)19-9-11-20(12-10-19)23(27)28;/h5-7,9-12,14,17,21H,3-4,8,13,15H2,1-2H3,(H,24,26)(H,27,28);/q;+1/p-1/t17-,21+;/m0./s1. The van der Waals surface area contributed by atoms with E-state index in [0.717, 1.165) is 37.9 Å². The molecule has 2 atom stereocenters.